The van der Waals surface area contributed by atoms with Crippen molar-refractivity contribution in [2.45, 2.75) is 12.8 Å². The van der Waals surface area contributed by atoms with Gasteiger partial charge >= 0.3 is 6.03 Å². The summed E-state index contributed by atoms with van der Waals surface area (Å²) in [6, 6.07) is 14.6. The minimum Gasteiger partial charge on any atom is -0.326 e. The van der Waals surface area contributed by atoms with Crippen molar-refractivity contribution in [2.75, 3.05) is 23.7 Å². The first-order valence-corrected chi connectivity index (χ1v) is 10.2. The maximum atomic E-state index is 12.6. The third kappa shape index (κ3) is 4.75. The molecule has 0 radical (unpaired) electrons. The molecule has 3 aromatic rings. The van der Waals surface area contributed by atoms with Crippen LogP contribution in [0.25, 0.3) is 10.7 Å². The number of nitrogens with one attached hydrogen (secondary N) is 2. The van der Waals surface area contributed by atoms with Gasteiger partial charge in [0.2, 0.25) is 11.0 Å². The molecule has 0 spiro atoms. The zero-order chi connectivity index (χ0) is 20.1. The average Bonchev–Trinajstić information content (AvgIpc) is 3.23. The van der Waals surface area contributed by atoms with Crippen molar-refractivity contribution in [3.05, 3.63) is 54.7 Å². The van der Waals surface area contributed by atoms with Crippen molar-refractivity contribution in [1.82, 2.24) is 20.1 Å². The summed E-state index contributed by atoms with van der Waals surface area (Å²) in [6.45, 7) is 0.975. The highest BCUT2D eigenvalue weighted by Crippen LogP contribution is 2.25. The highest BCUT2D eigenvalue weighted by molar-refractivity contribution is 7.18. The molecule has 0 bridgehead atoms. The second-order valence-corrected chi connectivity index (χ2v) is 7.68. The second-order valence-electron chi connectivity index (χ2n) is 6.70. The van der Waals surface area contributed by atoms with Crippen LogP contribution < -0.4 is 10.6 Å². The van der Waals surface area contributed by atoms with Gasteiger partial charge in [0, 0.05) is 25.0 Å². The lowest BCUT2D eigenvalue weighted by atomic mass is 9.97. The molecule has 1 aromatic carbocycles. The monoisotopic (exact) mass is 408 g/mol. The van der Waals surface area contributed by atoms with Crippen molar-refractivity contribution < 1.29 is 9.59 Å². The summed E-state index contributed by atoms with van der Waals surface area (Å²) in [5, 5.41) is 14.9. The van der Waals surface area contributed by atoms with E-state index in [1.807, 2.05) is 48.5 Å². The van der Waals surface area contributed by atoms with E-state index in [1.165, 1.54) is 11.3 Å². The van der Waals surface area contributed by atoms with Gasteiger partial charge in [-0.3, -0.25) is 15.1 Å². The predicted molar refractivity (Wildman–Crippen MR) is 112 cm³/mol. The highest BCUT2D eigenvalue weighted by atomic mass is 32.1. The number of carbonyl (C=O) groups is 2. The number of rotatable bonds is 4. The zero-order valence-corrected chi connectivity index (χ0v) is 16.4. The molecule has 0 saturated carbocycles. The minimum atomic E-state index is -0.272. The van der Waals surface area contributed by atoms with Crippen LogP contribution in [-0.4, -0.2) is 45.1 Å². The molecule has 1 aliphatic heterocycles. The third-order valence-corrected chi connectivity index (χ3v) is 5.50. The molecule has 3 amide bonds. The Balaban J connectivity index is 1.35. The van der Waals surface area contributed by atoms with Gasteiger partial charge in [0.05, 0.1) is 5.92 Å². The molecule has 2 aromatic heterocycles. The number of urea groups is 1. The number of hydrogen-bond donors (Lipinski definition) is 2. The molecule has 9 heteroatoms. The summed E-state index contributed by atoms with van der Waals surface area (Å²) in [6.07, 6.45) is 3.21. The Morgan fingerprint density at radius 2 is 1.86 bits per heavy atom. The Labute approximate surface area is 172 Å². The fourth-order valence-corrected chi connectivity index (χ4v) is 3.89. The van der Waals surface area contributed by atoms with Crippen LogP contribution in [0.15, 0.2) is 54.7 Å². The van der Waals surface area contributed by atoms with Gasteiger partial charge in [-0.1, -0.05) is 35.6 Å². The van der Waals surface area contributed by atoms with Crippen LogP contribution in [0.2, 0.25) is 0 Å². The van der Waals surface area contributed by atoms with Crippen molar-refractivity contribution in [3.8, 4) is 10.7 Å². The lowest BCUT2D eigenvalue weighted by Crippen LogP contribution is -2.45. The van der Waals surface area contributed by atoms with Gasteiger partial charge in [0.1, 0.15) is 5.69 Å². The summed E-state index contributed by atoms with van der Waals surface area (Å²) >= 11 is 1.26. The molecule has 3 heterocycles. The second kappa shape index (κ2) is 8.78. The fraction of sp³-hybridized carbons (Fsp3) is 0.250. The van der Waals surface area contributed by atoms with Crippen LogP contribution in [0.4, 0.5) is 15.6 Å². The van der Waals surface area contributed by atoms with E-state index in [0.29, 0.717) is 28.9 Å². The van der Waals surface area contributed by atoms with Crippen LogP contribution in [0.3, 0.4) is 0 Å². The minimum absolute atomic E-state index is 0.0675. The van der Waals surface area contributed by atoms with E-state index < -0.39 is 0 Å². The van der Waals surface area contributed by atoms with Gasteiger partial charge in [-0.05, 0) is 37.1 Å². The van der Waals surface area contributed by atoms with Crippen LogP contribution in [0.5, 0.6) is 0 Å². The molecular weight excluding hydrogens is 388 g/mol. The summed E-state index contributed by atoms with van der Waals surface area (Å²) in [5.74, 6) is -0.310. The van der Waals surface area contributed by atoms with Crippen molar-refractivity contribution in [1.29, 1.82) is 0 Å². The standard InChI is InChI=1S/C20H20N6O2S/c27-17(22-15-8-2-1-3-9-15)14-7-6-12-26(13-14)20(28)23-19-25-24-18(29-19)16-10-4-5-11-21-16/h1-5,8-11,14H,6-7,12-13H2,(H,22,27)(H,23,25,28). The summed E-state index contributed by atoms with van der Waals surface area (Å²) in [7, 11) is 0. The van der Waals surface area contributed by atoms with E-state index in [9.17, 15) is 9.59 Å². The molecule has 4 rings (SSSR count). The van der Waals surface area contributed by atoms with Crippen LogP contribution in [0, 0.1) is 5.92 Å². The smallest absolute Gasteiger partial charge is 0.323 e. The highest BCUT2D eigenvalue weighted by Gasteiger charge is 2.29. The quantitative estimate of drug-likeness (QED) is 0.688. The first-order chi connectivity index (χ1) is 14.2. The number of carbonyl (C=O) groups excluding carboxylic acids is 2. The number of para-hydroxylation sites is 1. The number of piperidine rings is 1. The van der Waals surface area contributed by atoms with Gasteiger partial charge < -0.3 is 10.2 Å². The number of nitrogens with zero attached hydrogens (tertiary/aromatic N) is 4. The number of pyridine rings is 1. The molecule has 8 nitrogen and oxygen atoms in total. The van der Waals surface area contributed by atoms with Crippen LogP contribution >= 0.6 is 11.3 Å². The zero-order valence-electron chi connectivity index (χ0n) is 15.6. The Morgan fingerprint density at radius 1 is 1.03 bits per heavy atom. The van der Waals surface area contributed by atoms with Crippen LogP contribution in [-0.2, 0) is 4.79 Å². The Hall–Kier alpha value is -3.33. The SMILES string of the molecule is O=C(Nc1ccccc1)C1CCCN(C(=O)Nc2nnc(-c3ccccn3)s2)C1. The van der Waals surface area contributed by atoms with Crippen molar-refractivity contribution in [3.63, 3.8) is 0 Å². The predicted octanol–water partition coefficient (Wildman–Crippen LogP) is 3.48. The van der Waals surface area contributed by atoms with Gasteiger partial charge in [0.15, 0.2) is 5.01 Å². The lowest BCUT2D eigenvalue weighted by Gasteiger charge is -2.31. The summed E-state index contributed by atoms with van der Waals surface area (Å²) in [4.78, 5) is 31.1. The number of hydrogen-bond acceptors (Lipinski definition) is 6. The lowest BCUT2D eigenvalue weighted by molar-refractivity contribution is -0.121. The third-order valence-electron chi connectivity index (χ3n) is 4.64. The summed E-state index contributed by atoms with van der Waals surface area (Å²) < 4.78 is 0. The molecule has 0 aliphatic carbocycles. The molecule has 1 unspecified atom stereocenters. The maximum absolute atomic E-state index is 12.6. The molecule has 29 heavy (non-hydrogen) atoms. The van der Waals surface area contributed by atoms with Gasteiger partial charge in [-0.15, -0.1) is 10.2 Å². The number of anilines is 2. The first-order valence-electron chi connectivity index (χ1n) is 9.36. The normalized spacial score (nSPS) is 16.3. The van der Waals surface area contributed by atoms with Gasteiger partial charge in [-0.2, -0.15) is 0 Å². The molecule has 148 valence electrons. The van der Waals surface area contributed by atoms with E-state index in [0.717, 1.165) is 18.5 Å². The van der Waals surface area contributed by atoms with Crippen molar-refractivity contribution >= 4 is 34.1 Å². The summed E-state index contributed by atoms with van der Waals surface area (Å²) in [5.41, 5.74) is 1.47. The first kappa shape index (κ1) is 19.0. The average molecular weight is 408 g/mol. The molecule has 1 aliphatic rings. The van der Waals surface area contributed by atoms with Crippen LogP contribution in [0.1, 0.15) is 12.8 Å². The van der Waals surface area contributed by atoms with Crippen molar-refractivity contribution in [2.24, 2.45) is 5.92 Å². The van der Waals surface area contributed by atoms with E-state index in [-0.39, 0.29) is 17.9 Å². The number of amides is 3. The van der Waals surface area contributed by atoms with Gasteiger partial charge in [0.25, 0.3) is 0 Å². The largest absolute Gasteiger partial charge is 0.326 e. The Morgan fingerprint density at radius 3 is 2.66 bits per heavy atom. The van der Waals surface area contributed by atoms with E-state index in [1.54, 1.807) is 11.1 Å². The molecule has 2 N–H and O–H groups in total. The Bertz CT molecular complexity index is 979. The molecular formula is C20H20N6O2S. The Kier molecular flexibility index (Phi) is 5.76. The molecule has 1 saturated heterocycles. The number of benzene rings is 1. The van der Waals surface area contributed by atoms with E-state index in [2.05, 4.69) is 25.8 Å². The molecule has 1 fully saturated rings. The molecule has 1 atom stereocenters. The fourth-order valence-electron chi connectivity index (χ4n) is 3.18. The van der Waals surface area contributed by atoms with Gasteiger partial charge in [-0.25, -0.2) is 4.79 Å². The topological polar surface area (TPSA) is 100 Å². The number of aromatic nitrogens is 3. The number of likely N-dealkylation sites (tertiary alicyclic amines) is 1. The van der Waals surface area contributed by atoms with E-state index in [4.69, 9.17) is 0 Å². The maximum Gasteiger partial charge on any atom is 0.323 e. The van der Waals surface area contributed by atoms with E-state index >= 15 is 0 Å².